The molecule has 0 spiro atoms. The van der Waals surface area contributed by atoms with Crippen molar-refractivity contribution in [1.29, 1.82) is 0 Å². The molecule has 1 aliphatic rings. The molecule has 188 valence electrons. The number of barbiturate groups is 1. The molecule has 1 aliphatic heterocycles. The van der Waals surface area contributed by atoms with Gasteiger partial charge in [0.1, 0.15) is 11.3 Å². The molecule has 0 saturated carbocycles. The molecule has 0 bridgehead atoms. The van der Waals surface area contributed by atoms with Crippen LogP contribution in [-0.4, -0.2) is 37.5 Å². The standard InChI is InChI=1S/C28H24N2O7/c1-4-36-24-15-18(10-13-23(24)37-27(33)19-11-8-17(2)9-12-19)14-22-25(31)29-28(34)30(26(22)32)20-6-5-7-21(16-20)35-3/h5-16H,4H2,1-3H3,(H,29,31,34)/b22-14+. The van der Waals surface area contributed by atoms with Gasteiger partial charge in [0, 0.05) is 6.07 Å². The van der Waals surface area contributed by atoms with E-state index in [1.165, 1.54) is 25.3 Å². The first-order valence-electron chi connectivity index (χ1n) is 11.4. The number of nitrogens with zero attached hydrogens (tertiary/aromatic N) is 1. The zero-order valence-electron chi connectivity index (χ0n) is 20.4. The number of esters is 1. The zero-order chi connectivity index (χ0) is 26.5. The lowest BCUT2D eigenvalue weighted by atomic mass is 10.1. The van der Waals surface area contributed by atoms with Gasteiger partial charge in [-0.05, 0) is 61.9 Å². The highest BCUT2D eigenvalue weighted by atomic mass is 16.6. The fourth-order valence-corrected chi connectivity index (χ4v) is 3.62. The van der Waals surface area contributed by atoms with Crippen molar-refractivity contribution in [3.8, 4) is 17.2 Å². The lowest BCUT2D eigenvalue weighted by Gasteiger charge is -2.26. The first kappa shape index (κ1) is 25.2. The molecule has 0 radical (unpaired) electrons. The molecule has 0 unspecified atom stereocenters. The Morgan fingerprint density at radius 3 is 2.43 bits per heavy atom. The number of imide groups is 2. The van der Waals surface area contributed by atoms with Gasteiger partial charge < -0.3 is 14.2 Å². The fourth-order valence-electron chi connectivity index (χ4n) is 3.62. The van der Waals surface area contributed by atoms with Crippen molar-refractivity contribution in [2.75, 3.05) is 18.6 Å². The third-order valence-electron chi connectivity index (χ3n) is 5.48. The molecule has 4 amide bonds. The number of methoxy groups -OCH3 is 1. The van der Waals surface area contributed by atoms with E-state index in [1.807, 2.05) is 6.92 Å². The highest BCUT2D eigenvalue weighted by Gasteiger charge is 2.37. The van der Waals surface area contributed by atoms with E-state index in [0.29, 0.717) is 16.9 Å². The van der Waals surface area contributed by atoms with Crippen molar-refractivity contribution in [2.45, 2.75) is 13.8 Å². The van der Waals surface area contributed by atoms with Crippen LogP contribution in [0.2, 0.25) is 0 Å². The number of carbonyl (C=O) groups is 4. The number of hydrogen-bond donors (Lipinski definition) is 1. The summed E-state index contributed by atoms with van der Waals surface area (Å²) in [7, 11) is 1.46. The van der Waals surface area contributed by atoms with Crippen molar-refractivity contribution < 1.29 is 33.4 Å². The van der Waals surface area contributed by atoms with E-state index in [-0.39, 0.29) is 29.4 Å². The van der Waals surface area contributed by atoms with Gasteiger partial charge in [-0.1, -0.05) is 29.8 Å². The van der Waals surface area contributed by atoms with Crippen LogP contribution in [0.15, 0.2) is 72.3 Å². The van der Waals surface area contributed by atoms with E-state index in [2.05, 4.69) is 5.32 Å². The second-order valence-corrected chi connectivity index (χ2v) is 8.05. The number of anilines is 1. The van der Waals surface area contributed by atoms with Crippen LogP contribution in [0, 0.1) is 6.92 Å². The summed E-state index contributed by atoms with van der Waals surface area (Å²) >= 11 is 0. The number of urea groups is 1. The second-order valence-electron chi connectivity index (χ2n) is 8.05. The van der Waals surface area contributed by atoms with Crippen molar-refractivity contribution in [3.05, 3.63) is 89.0 Å². The van der Waals surface area contributed by atoms with Crippen molar-refractivity contribution in [1.82, 2.24) is 5.32 Å². The third kappa shape index (κ3) is 5.51. The normalized spacial score (nSPS) is 14.4. The summed E-state index contributed by atoms with van der Waals surface area (Å²) < 4.78 is 16.3. The largest absolute Gasteiger partial charge is 0.497 e. The predicted molar refractivity (Wildman–Crippen MR) is 136 cm³/mol. The van der Waals surface area contributed by atoms with Gasteiger partial charge in [0.25, 0.3) is 11.8 Å². The van der Waals surface area contributed by atoms with E-state index in [0.717, 1.165) is 10.5 Å². The van der Waals surface area contributed by atoms with Gasteiger partial charge >= 0.3 is 12.0 Å². The smallest absolute Gasteiger partial charge is 0.343 e. The lowest BCUT2D eigenvalue weighted by molar-refractivity contribution is -0.122. The molecule has 0 atom stereocenters. The first-order valence-corrected chi connectivity index (χ1v) is 11.4. The Kier molecular flexibility index (Phi) is 7.34. The predicted octanol–water partition coefficient (Wildman–Crippen LogP) is 4.29. The Labute approximate surface area is 213 Å². The Bertz CT molecular complexity index is 1410. The molecule has 1 fully saturated rings. The third-order valence-corrected chi connectivity index (χ3v) is 5.48. The van der Waals surface area contributed by atoms with E-state index >= 15 is 0 Å². The number of nitrogens with one attached hydrogen (secondary N) is 1. The van der Waals surface area contributed by atoms with Gasteiger partial charge in [-0.15, -0.1) is 0 Å². The molecule has 1 N–H and O–H groups in total. The second kappa shape index (κ2) is 10.8. The van der Waals surface area contributed by atoms with Gasteiger partial charge in [0.15, 0.2) is 11.5 Å². The Hall–Kier alpha value is -4.92. The first-order chi connectivity index (χ1) is 17.8. The van der Waals surface area contributed by atoms with Gasteiger partial charge in [-0.25, -0.2) is 14.5 Å². The number of hydrogen-bond acceptors (Lipinski definition) is 7. The highest BCUT2D eigenvalue weighted by molar-refractivity contribution is 6.39. The molecular formula is C28H24N2O7. The average molecular weight is 501 g/mol. The van der Waals surface area contributed by atoms with Gasteiger partial charge in [-0.3, -0.25) is 14.9 Å². The zero-order valence-corrected chi connectivity index (χ0v) is 20.4. The van der Waals surface area contributed by atoms with Crippen LogP contribution in [0.5, 0.6) is 17.2 Å². The number of rotatable bonds is 7. The Balaban J connectivity index is 1.64. The Morgan fingerprint density at radius 2 is 1.73 bits per heavy atom. The molecule has 1 saturated heterocycles. The number of aryl methyl sites for hydroxylation is 1. The number of ether oxygens (including phenoxy) is 3. The van der Waals surface area contributed by atoms with Crippen molar-refractivity contribution >= 4 is 35.6 Å². The van der Waals surface area contributed by atoms with Crippen LogP contribution in [0.4, 0.5) is 10.5 Å². The maximum absolute atomic E-state index is 13.2. The summed E-state index contributed by atoms with van der Waals surface area (Å²) in [6.45, 7) is 3.97. The van der Waals surface area contributed by atoms with Crippen LogP contribution in [0.3, 0.4) is 0 Å². The van der Waals surface area contributed by atoms with Crippen LogP contribution >= 0.6 is 0 Å². The fraction of sp³-hybridized carbons (Fsp3) is 0.143. The topological polar surface area (TPSA) is 111 Å². The minimum absolute atomic E-state index is 0.183. The summed E-state index contributed by atoms with van der Waals surface area (Å²) in [6, 6.07) is 17.1. The average Bonchev–Trinajstić information content (AvgIpc) is 2.88. The Morgan fingerprint density at radius 1 is 0.973 bits per heavy atom. The quantitative estimate of drug-likeness (QED) is 0.223. The van der Waals surface area contributed by atoms with Gasteiger partial charge in [0.2, 0.25) is 0 Å². The molecule has 0 aliphatic carbocycles. The summed E-state index contributed by atoms with van der Waals surface area (Å²) in [5.41, 5.74) is 1.81. The van der Waals surface area contributed by atoms with Crippen molar-refractivity contribution in [3.63, 3.8) is 0 Å². The van der Waals surface area contributed by atoms with Crippen molar-refractivity contribution in [2.24, 2.45) is 0 Å². The molecule has 4 rings (SSSR count). The molecule has 3 aromatic rings. The van der Waals surface area contributed by atoms with E-state index in [9.17, 15) is 19.2 Å². The molecule has 0 aromatic heterocycles. The molecule has 37 heavy (non-hydrogen) atoms. The summed E-state index contributed by atoms with van der Waals surface area (Å²) in [6.07, 6.45) is 1.34. The molecular weight excluding hydrogens is 476 g/mol. The summed E-state index contributed by atoms with van der Waals surface area (Å²) in [5, 5.41) is 2.18. The maximum atomic E-state index is 13.2. The molecule has 3 aromatic carbocycles. The molecule has 9 heteroatoms. The van der Waals surface area contributed by atoms with Crippen LogP contribution in [0.25, 0.3) is 6.08 Å². The number of carbonyl (C=O) groups excluding carboxylic acids is 4. The highest BCUT2D eigenvalue weighted by Crippen LogP contribution is 2.31. The minimum Gasteiger partial charge on any atom is -0.497 e. The molecule has 9 nitrogen and oxygen atoms in total. The lowest BCUT2D eigenvalue weighted by Crippen LogP contribution is -2.54. The van der Waals surface area contributed by atoms with E-state index in [4.69, 9.17) is 14.2 Å². The maximum Gasteiger partial charge on any atom is 0.343 e. The van der Waals surface area contributed by atoms with E-state index < -0.39 is 23.8 Å². The van der Waals surface area contributed by atoms with Crippen LogP contribution < -0.4 is 24.4 Å². The number of amides is 4. The van der Waals surface area contributed by atoms with Gasteiger partial charge in [0.05, 0.1) is 25.0 Å². The number of benzene rings is 3. The monoisotopic (exact) mass is 500 g/mol. The van der Waals surface area contributed by atoms with Crippen LogP contribution in [0.1, 0.15) is 28.4 Å². The van der Waals surface area contributed by atoms with E-state index in [1.54, 1.807) is 61.5 Å². The molecule has 1 heterocycles. The summed E-state index contributed by atoms with van der Waals surface area (Å²) in [4.78, 5) is 51.7. The van der Waals surface area contributed by atoms with Crippen LogP contribution in [-0.2, 0) is 9.59 Å². The summed E-state index contributed by atoms with van der Waals surface area (Å²) in [5.74, 6) is -1.31. The SMILES string of the molecule is CCOc1cc(/C=C2\C(=O)NC(=O)N(c3cccc(OC)c3)C2=O)ccc1OC(=O)c1ccc(C)cc1. The van der Waals surface area contributed by atoms with Gasteiger partial charge in [-0.2, -0.15) is 0 Å². The minimum atomic E-state index is -0.867.